The lowest BCUT2D eigenvalue weighted by Gasteiger charge is -2.46. The summed E-state index contributed by atoms with van der Waals surface area (Å²) in [7, 11) is -4.42. The Morgan fingerprint density at radius 3 is 2.16 bits per heavy atom. The van der Waals surface area contributed by atoms with Crippen LogP contribution in [0.1, 0.15) is 60.0 Å². The Morgan fingerprint density at radius 2 is 1.51 bits per heavy atom. The van der Waals surface area contributed by atoms with Crippen LogP contribution < -0.4 is 14.9 Å². The van der Waals surface area contributed by atoms with Gasteiger partial charge < -0.3 is 25.3 Å². The summed E-state index contributed by atoms with van der Waals surface area (Å²) in [6, 6.07) is 25.5. The van der Waals surface area contributed by atoms with Crippen LogP contribution in [0.15, 0.2) is 89.8 Å². The number of anilines is 2. The first-order chi connectivity index (χ1) is 32.4. The maximum atomic E-state index is 13.3. The van der Waals surface area contributed by atoms with Crippen LogP contribution in [-0.2, 0) is 37.4 Å². The zero-order chi connectivity index (χ0) is 50.7. The second-order valence-corrected chi connectivity index (χ2v) is 18.2. The highest BCUT2D eigenvalue weighted by Gasteiger charge is 2.39. The van der Waals surface area contributed by atoms with Gasteiger partial charge in [0.1, 0.15) is 5.69 Å². The zero-order valence-electron chi connectivity index (χ0n) is 36.6. The molecule has 372 valence electrons. The minimum absolute atomic E-state index is 0.128. The van der Waals surface area contributed by atoms with Crippen molar-refractivity contribution in [1.82, 2.24) is 14.5 Å². The molecule has 16 nitrogen and oxygen atoms in total. The van der Waals surface area contributed by atoms with E-state index in [1.807, 2.05) is 23.1 Å². The van der Waals surface area contributed by atoms with E-state index in [-0.39, 0.29) is 22.1 Å². The van der Waals surface area contributed by atoms with Crippen LogP contribution in [0.25, 0.3) is 11.1 Å². The molecule has 0 spiro atoms. The zero-order valence-corrected chi connectivity index (χ0v) is 38.1. The first kappa shape index (κ1) is 53.5. The van der Waals surface area contributed by atoms with Gasteiger partial charge in [0.15, 0.2) is 0 Å². The molecule has 2 saturated heterocycles. The first-order valence-electron chi connectivity index (χ1n) is 21.4. The molecule has 3 aliphatic heterocycles. The molecule has 4 aromatic rings. The van der Waals surface area contributed by atoms with Crippen molar-refractivity contribution in [2.45, 2.75) is 74.8 Å². The largest absolute Gasteiger partial charge is 0.490 e. The number of nitro benzene ring substituents is 1. The number of aliphatic carboxylic acids is 2. The molecule has 2 fully saturated rings. The summed E-state index contributed by atoms with van der Waals surface area (Å²) in [4.78, 5) is 61.0. The fourth-order valence-electron chi connectivity index (χ4n) is 7.95. The summed E-state index contributed by atoms with van der Waals surface area (Å²) < 4.78 is 92.2. The van der Waals surface area contributed by atoms with E-state index in [2.05, 4.69) is 56.2 Å². The molecule has 7 rings (SSSR count). The molecule has 0 saturated carbocycles. The maximum Gasteiger partial charge on any atom is 0.490 e. The van der Waals surface area contributed by atoms with Crippen LogP contribution in [0.5, 0.6) is 0 Å². The Balaban J connectivity index is 0.000000554. The van der Waals surface area contributed by atoms with Gasteiger partial charge in [-0.2, -0.15) is 26.3 Å². The van der Waals surface area contributed by atoms with Gasteiger partial charge >= 0.3 is 24.3 Å². The second kappa shape index (κ2) is 23.2. The minimum atomic E-state index is -5.08. The lowest BCUT2D eigenvalue weighted by Crippen LogP contribution is -2.54. The number of nitrogens with one attached hydrogen (secondary N) is 2. The number of carboxylic acids is 2. The van der Waals surface area contributed by atoms with E-state index in [1.165, 1.54) is 23.3 Å². The molecule has 0 aliphatic carbocycles. The van der Waals surface area contributed by atoms with Gasteiger partial charge in [-0.25, -0.2) is 22.7 Å². The molecule has 0 bridgehead atoms. The lowest BCUT2D eigenvalue weighted by atomic mass is 9.92. The number of likely N-dealkylation sites (tertiary alicyclic amines) is 1. The van der Waals surface area contributed by atoms with Crippen molar-refractivity contribution in [1.29, 1.82) is 0 Å². The number of carbonyl (C=O) groups excluding carboxylic acids is 2. The van der Waals surface area contributed by atoms with Crippen molar-refractivity contribution in [3.05, 3.63) is 117 Å². The minimum Gasteiger partial charge on any atom is -0.475 e. The van der Waals surface area contributed by atoms with Gasteiger partial charge in [0.2, 0.25) is 5.91 Å². The molecule has 24 heteroatoms. The highest BCUT2D eigenvalue weighted by atomic mass is 35.5. The molecule has 0 radical (unpaired) electrons. The number of halogens is 7. The summed E-state index contributed by atoms with van der Waals surface area (Å²) in [5.74, 6) is -6.19. The van der Waals surface area contributed by atoms with Crippen LogP contribution in [0.2, 0.25) is 5.02 Å². The number of piperazine rings is 1. The van der Waals surface area contributed by atoms with E-state index in [0.29, 0.717) is 43.5 Å². The van der Waals surface area contributed by atoms with Crippen molar-refractivity contribution in [3.8, 4) is 11.1 Å². The molecule has 0 aromatic heterocycles. The summed E-state index contributed by atoms with van der Waals surface area (Å²) in [5, 5.41) is 29.9. The molecule has 4 N–H and O–H groups in total. The van der Waals surface area contributed by atoms with Crippen LogP contribution >= 0.6 is 11.6 Å². The summed E-state index contributed by atoms with van der Waals surface area (Å²) in [5.41, 5.74) is 5.56. The SMILES string of the molecule is O=C(NS(=O)(=O)c1ccc(NCCCN2CCCCCC2=O)c([N+](=O)[O-])c1)c1ccc2c(c1)CC[C@H]1CN(Cc3ccccc3-c3ccc(Cl)cc3)CCN21.O=C(O)C(F)(F)F.O=C(O)C(F)(F)F. The number of sulfonamides is 1. The fourth-order valence-corrected chi connectivity index (χ4v) is 9.07. The van der Waals surface area contributed by atoms with Gasteiger partial charge in [0, 0.05) is 80.6 Å². The number of amides is 2. The predicted molar refractivity (Wildman–Crippen MR) is 241 cm³/mol. The predicted octanol–water partition coefficient (Wildman–Crippen LogP) is 8.14. The second-order valence-electron chi connectivity index (χ2n) is 16.1. The van der Waals surface area contributed by atoms with E-state index >= 15 is 0 Å². The fraction of sp³-hybridized carbons (Fsp3) is 0.378. The number of alkyl halides is 6. The van der Waals surface area contributed by atoms with Crippen LogP contribution in [-0.4, -0.2) is 115 Å². The van der Waals surface area contributed by atoms with Crippen LogP contribution in [0.4, 0.5) is 43.4 Å². The summed E-state index contributed by atoms with van der Waals surface area (Å²) >= 11 is 6.14. The molecule has 3 heterocycles. The maximum absolute atomic E-state index is 13.3. The Bertz CT molecular complexity index is 2600. The number of nitrogens with zero attached hydrogens (tertiary/aromatic N) is 4. The van der Waals surface area contributed by atoms with Crippen molar-refractivity contribution in [2.75, 3.05) is 49.5 Å². The van der Waals surface area contributed by atoms with Gasteiger partial charge in [-0.05, 0) is 96.8 Å². The number of hydrogen-bond acceptors (Lipinski definition) is 11. The number of hydrogen-bond donors (Lipinski definition) is 4. The summed E-state index contributed by atoms with van der Waals surface area (Å²) in [6.07, 6.45) is -4.52. The van der Waals surface area contributed by atoms with E-state index in [4.69, 9.17) is 31.4 Å². The highest BCUT2D eigenvalue weighted by molar-refractivity contribution is 7.90. The molecule has 69 heavy (non-hydrogen) atoms. The van der Waals surface area contributed by atoms with Crippen LogP contribution in [0.3, 0.4) is 0 Å². The topological polar surface area (TPSA) is 220 Å². The highest BCUT2D eigenvalue weighted by Crippen LogP contribution is 2.35. The number of rotatable bonds is 12. The first-order valence-corrected chi connectivity index (χ1v) is 23.2. The molecule has 1 atom stereocenters. The Morgan fingerprint density at radius 1 is 0.841 bits per heavy atom. The molecule has 3 aliphatic rings. The van der Waals surface area contributed by atoms with Gasteiger partial charge in [0.05, 0.1) is 9.82 Å². The van der Waals surface area contributed by atoms with E-state index < -0.39 is 50.8 Å². The number of benzene rings is 4. The van der Waals surface area contributed by atoms with E-state index in [9.17, 15) is 54.5 Å². The van der Waals surface area contributed by atoms with Gasteiger partial charge in [0.25, 0.3) is 21.6 Å². The average molecular weight is 1010 g/mol. The quantitative estimate of drug-likeness (QED) is 0.0456. The third-order valence-electron chi connectivity index (χ3n) is 11.3. The Labute approximate surface area is 397 Å². The Kier molecular flexibility index (Phi) is 18.0. The number of carbonyl (C=O) groups is 4. The molecule has 4 aromatic carbocycles. The lowest BCUT2D eigenvalue weighted by molar-refractivity contribution is -0.384. The normalized spacial score (nSPS) is 16.3. The summed E-state index contributed by atoms with van der Waals surface area (Å²) in [6.45, 7) is 5.03. The molecular formula is C45H47ClF6N6O10S. The van der Waals surface area contributed by atoms with Gasteiger partial charge in [-0.3, -0.25) is 24.6 Å². The van der Waals surface area contributed by atoms with Crippen molar-refractivity contribution < 1.29 is 69.1 Å². The standard InChI is InChI=1S/C41H45ClN6O6S.2C2HF3O2/c42-33-14-10-29(11-15-33)36-8-4-3-7-32(36)27-45-23-24-47-34(28-45)16-12-30-25-31(13-19-38(30)47)41(50)44-55(53,54)35-17-18-37(39(26-35)48(51)52)43-20-6-22-46-21-5-1-2-9-40(46)49;2*3-2(4,5)1(6)7/h3-4,7-8,10-11,13-15,17-19,25-26,34,43H,1-2,5-6,9,12,16,20-24,27-28H2,(H,44,50);2*(H,6,7)/t34-;;/m0../s1. The smallest absolute Gasteiger partial charge is 0.475 e. The monoisotopic (exact) mass is 1010 g/mol. The van der Waals surface area contributed by atoms with Crippen molar-refractivity contribution in [2.24, 2.45) is 0 Å². The van der Waals surface area contributed by atoms with Crippen LogP contribution in [0, 0.1) is 10.1 Å². The molecule has 0 unspecified atom stereocenters. The van der Waals surface area contributed by atoms with Crippen molar-refractivity contribution >= 4 is 62.4 Å². The number of fused-ring (bicyclic) bond motifs is 3. The van der Waals surface area contributed by atoms with E-state index in [0.717, 1.165) is 81.2 Å². The number of aryl methyl sites for hydroxylation is 1. The van der Waals surface area contributed by atoms with Gasteiger partial charge in [-0.15, -0.1) is 0 Å². The van der Waals surface area contributed by atoms with Crippen molar-refractivity contribution in [3.63, 3.8) is 0 Å². The van der Waals surface area contributed by atoms with E-state index in [1.54, 1.807) is 12.1 Å². The average Bonchev–Trinajstić information content (AvgIpc) is 3.50. The van der Waals surface area contributed by atoms with Gasteiger partial charge in [-0.1, -0.05) is 54.4 Å². The molecule has 2 amide bonds. The number of nitro groups is 1. The third-order valence-corrected chi connectivity index (χ3v) is 12.9. The Hall–Kier alpha value is -6.46. The third kappa shape index (κ3) is 15.0. The molecular weight excluding hydrogens is 966 g/mol. The number of carboxylic acid groups (broad SMARTS) is 2.